The van der Waals surface area contributed by atoms with Crippen LogP contribution in [-0.2, 0) is 5.54 Å². The molecule has 1 aliphatic heterocycles. The van der Waals surface area contributed by atoms with Crippen molar-refractivity contribution >= 4 is 17.1 Å². The molecule has 1 aliphatic rings. The lowest BCUT2D eigenvalue weighted by Gasteiger charge is -2.49. The highest BCUT2D eigenvalue weighted by molar-refractivity contribution is 5.89. The van der Waals surface area contributed by atoms with E-state index in [4.69, 9.17) is 17.0 Å². The van der Waals surface area contributed by atoms with Gasteiger partial charge in [0.05, 0.1) is 12.1 Å². The van der Waals surface area contributed by atoms with E-state index in [9.17, 15) is 0 Å². The third kappa shape index (κ3) is 2.80. The van der Waals surface area contributed by atoms with Crippen LogP contribution in [0.1, 0.15) is 24.5 Å². The van der Waals surface area contributed by atoms with Gasteiger partial charge in [0.1, 0.15) is 0 Å². The number of nitrogens with one attached hydrogen (secondary N) is 1. The highest BCUT2D eigenvalue weighted by atomic mass is 15.2. The molecule has 0 amide bonds. The molecule has 1 atom stereocenters. The Morgan fingerprint density at radius 2 is 1.61 bits per heavy atom. The molecule has 5 heteroatoms. The van der Waals surface area contributed by atoms with Crippen LogP contribution in [0.5, 0.6) is 0 Å². The molecule has 3 aromatic carbocycles. The molecule has 28 heavy (non-hydrogen) atoms. The zero-order valence-electron chi connectivity index (χ0n) is 16.0. The fourth-order valence-corrected chi connectivity index (χ4v) is 4.31. The van der Waals surface area contributed by atoms with Gasteiger partial charge in [-0.15, -0.1) is 0 Å². The minimum Gasteiger partial charge on any atom is -0.399 e. The van der Waals surface area contributed by atoms with Crippen LogP contribution < -0.4 is 16.4 Å². The molecule has 0 fully saturated rings. The Labute approximate surface area is 165 Å². The minimum absolute atomic E-state index is 0.408. The summed E-state index contributed by atoms with van der Waals surface area (Å²) in [5.74, 6) is 0. The SMILES string of the molecule is CC1(c2ccccc2)c2cc(N)ccc2-c2ccc(N)cc2N1CCCN=N. The van der Waals surface area contributed by atoms with Crippen LogP contribution in [0, 0.1) is 5.53 Å². The second-order valence-electron chi connectivity index (χ2n) is 7.41. The summed E-state index contributed by atoms with van der Waals surface area (Å²) in [5.41, 5.74) is 26.5. The quantitative estimate of drug-likeness (QED) is 0.334. The Morgan fingerprint density at radius 1 is 0.929 bits per heavy atom. The highest BCUT2D eigenvalue weighted by Crippen LogP contribution is 2.51. The Morgan fingerprint density at radius 3 is 2.32 bits per heavy atom. The number of hydrogen-bond acceptors (Lipinski definition) is 5. The van der Waals surface area contributed by atoms with E-state index in [1.165, 1.54) is 16.7 Å². The molecule has 5 nitrogen and oxygen atoms in total. The van der Waals surface area contributed by atoms with Gasteiger partial charge in [-0.2, -0.15) is 5.11 Å². The molecular weight excluding hydrogens is 346 g/mol. The van der Waals surface area contributed by atoms with Gasteiger partial charge >= 0.3 is 0 Å². The number of hydrogen-bond donors (Lipinski definition) is 3. The van der Waals surface area contributed by atoms with Crippen LogP contribution in [0.15, 0.2) is 71.8 Å². The number of nitrogen functional groups attached to an aromatic ring is 2. The lowest BCUT2D eigenvalue weighted by molar-refractivity contribution is 0.507. The van der Waals surface area contributed by atoms with Crippen molar-refractivity contribution in [2.24, 2.45) is 5.11 Å². The lowest BCUT2D eigenvalue weighted by Crippen LogP contribution is -2.48. The number of benzene rings is 3. The normalized spacial score (nSPS) is 17.7. The summed E-state index contributed by atoms with van der Waals surface area (Å²) < 4.78 is 0. The molecule has 0 saturated heterocycles. The van der Waals surface area contributed by atoms with Gasteiger partial charge in [-0.3, -0.25) is 0 Å². The summed E-state index contributed by atoms with van der Waals surface area (Å²) in [7, 11) is 0. The largest absolute Gasteiger partial charge is 0.399 e. The summed E-state index contributed by atoms with van der Waals surface area (Å²) in [4.78, 5) is 2.39. The zero-order valence-corrected chi connectivity index (χ0v) is 16.0. The van der Waals surface area contributed by atoms with Crippen molar-refractivity contribution in [1.29, 1.82) is 5.53 Å². The number of anilines is 3. The molecule has 4 rings (SSSR count). The van der Waals surface area contributed by atoms with Crippen LogP contribution in [0.25, 0.3) is 11.1 Å². The van der Waals surface area contributed by atoms with Crippen LogP contribution in [0.3, 0.4) is 0 Å². The van der Waals surface area contributed by atoms with Gasteiger partial charge in [0.25, 0.3) is 0 Å². The minimum atomic E-state index is -0.408. The van der Waals surface area contributed by atoms with Crippen molar-refractivity contribution in [2.75, 3.05) is 29.5 Å². The third-order valence-electron chi connectivity index (χ3n) is 5.70. The van der Waals surface area contributed by atoms with E-state index in [0.717, 1.165) is 35.6 Å². The second-order valence-corrected chi connectivity index (χ2v) is 7.41. The molecule has 0 aromatic heterocycles. The van der Waals surface area contributed by atoms with Crippen molar-refractivity contribution in [3.8, 4) is 11.1 Å². The second kappa shape index (κ2) is 7.00. The van der Waals surface area contributed by atoms with Crippen molar-refractivity contribution < 1.29 is 0 Å². The molecule has 3 aromatic rings. The molecule has 142 valence electrons. The van der Waals surface area contributed by atoms with Crippen LogP contribution in [-0.4, -0.2) is 13.1 Å². The van der Waals surface area contributed by atoms with Gasteiger partial charge in [-0.25, -0.2) is 5.53 Å². The molecule has 0 spiro atoms. The van der Waals surface area contributed by atoms with Crippen LogP contribution >= 0.6 is 0 Å². The van der Waals surface area contributed by atoms with Crippen LogP contribution in [0.4, 0.5) is 17.1 Å². The third-order valence-corrected chi connectivity index (χ3v) is 5.70. The Kier molecular flexibility index (Phi) is 4.51. The van der Waals surface area contributed by atoms with E-state index >= 15 is 0 Å². The van der Waals surface area contributed by atoms with Gasteiger partial charge in [0.15, 0.2) is 0 Å². The molecule has 1 unspecified atom stereocenters. The first kappa shape index (κ1) is 18.0. The lowest BCUT2D eigenvalue weighted by atomic mass is 9.75. The smallest absolute Gasteiger partial charge is 0.0885 e. The zero-order chi connectivity index (χ0) is 19.7. The standard InChI is InChI=1S/C23H25N5/c1-23(16-6-3-2-4-7-16)21-14-17(24)8-10-19(21)20-11-9-18(25)15-22(20)28(23)13-5-12-27-26/h2-4,6-11,14-15,26H,5,12-13,24-25H2,1H3. The van der Waals surface area contributed by atoms with E-state index < -0.39 is 5.54 Å². The fraction of sp³-hybridized carbons (Fsp3) is 0.217. The van der Waals surface area contributed by atoms with E-state index in [-0.39, 0.29) is 0 Å². The molecule has 0 saturated carbocycles. The Bertz CT molecular complexity index is 1010. The molecule has 1 heterocycles. The Hall–Kier alpha value is -3.34. The molecule has 0 aliphatic carbocycles. The molecule has 0 radical (unpaired) electrons. The summed E-state index contributed by atoms with van der Waals surface area (Å²) in [6.45, 7) is 3.51. The predicted molar refractivity (Wildman–Crippen MR) is 116 cm³/mol. The first-order chi connectivity index (χ1) is 13.6. The van der Waals surface area contributed by atoms with Gasteiger partial charge in [0.2, 0.25) is 0 Å². The summed E-state index contributed by atoms with van der Waals surface area (Å²) >= 11 is 0. The van der Waals surface area contributed by atoms with Crippen LogP contribution in [0.2, 0.25) is 0 Å². The number of fused-ring (bicyclic) bond motifs is 3. The topological polar surface area (TPSA) is 91.5 Å². The first-order valence-corrected chi connectivity index (χ1v) is 9.52. The van der Waals surface area contributed by atoms with Crippen molar-refractivity contribution in [1.82, 2.24) is 0 Å². The predicted octanol–water partition coefficient (Wildman–Crippen LogP) is 5.02. The van der Waals surface area contributed by atoms with Gasteiger partial charge < -0.3 is 16.4 Å². The van der Waals surface area contributed by atoms with E-state index in [0.29, 0.717) is 6.54 Å². The maximum Gasteiger partial charge on any atom is 0.0885 e. The van der Waals surface area contributed by atoms with E-state index in [1.54, 1.807) is 0 Å². The summed E-state index contributed by atoms with van der Waals surface area (Å²) in [6.07, 6.45) is 0.789. The van der Waals surface area contributed by atoms with Gasteiger partial charge in [0, 0.05) is 29.2 Å². The monoisotopic (exact) mass is 371 g/mol. The molecular formula is C23H25N5. The van der Waals surface area contributed by atoms with Crippen molar-refractivity contribution in [2.45, 2.75) is 18.9 Å². The maximum atomic E-state index is 7.18. The fourth-order valence-electron chi connectivity index (χ4n) is 4.31. The van der Waals surface area contributed by atoms with E-state index in [1.807, 2.05) is 24.3 Å². The summed E-state index contributed by atoms with van der Waals surface area (Å²) in [5, 5.41) is 3.55. The average Bonchev–Trinajstić information content (AvgIpc) is 2.71. The number of nitrogens with two attached hydrogens (primary N) is 2. The Balaban J connectivity index is 2.01. The summed E-state index contributed by atoms with van der Waals surface area (Å²) in [6, 6.07) is 22.7. The van der Waals surface area contributed by atoms with Crippen molar-refractivity contribution in [3.05, 3.63) is 77.9 Å². The molecule has 5 N–H and O–H groups in total. The van der Waals surface area contributed by atoms with Gasteiger partial charge in [-0.1, -0.05) is 42.5 Å². The highest BCUT2D eigenvalue weighted by Gasteiger charge is 2.42. The van der Waals surface area contributed by atoms with Gasteiger partial charge in [-0.05, 0) is 54.3 Å². The molecule has 0 bridgehead atoms. The number of nitrogens with zero attached hydrogens (tertiary/aromatic N) is 2. The van der Waals surface area contributed by atoms with Crippen molar-refractivity contribution in [3.63, 3.8) is 0 Å². The number of rotatable bonds is 5. The average molecular weight is 371 g/mol. The van der Waals surface area contributed by atoms with E-state index in [2.05, 4.69) is 59.4 Å². The maximum absolute atomic E-state index is 7.18. The first-order valence-electron chi connectivity index (χ1n) is 9.52.